The number of hydrogen-bond acceptors (Lipinski definition) is 3. The van der Waals surface area contributed by atoms with E-state index >= 15 is 0 Å². The lowest BCUT2D eigenvalue weighted by atomic mass is 10.2. The predicted octanol–water partition coefficient (Wildman–Crippen LogP) is 2.21. The van der Waals surface area contributed by atoms with Crippen LogP contribution in [0.2, 0.25) is 0 Å². The average Bonchev–Trinajstić information content (AvgIpc) is 3.02. The highest BCUT2D eigenvalue weighted by Gasteiger charge is 2.08. The van der Waals surface area contributed by atoms with Crippen LogP contribution >= 0.6 is 0 Å². The minimum absolute atomic E-state index is 0.506. The zero-order valence-corrected chi connectivity index (χ0v) is 12.0. The third kappa shape index (κ3) is 3.44. The van der Waals surface area contributed by atoms with Crippen molar-refractivity contribution in [3.63, 3.8) is 0 Å². The van der Waals surface area contributed by atoms with E-state index in [2.05, 4.69) is 52.5 Å². The van der Waals surface area contributed by atoms with Gasteiger partial charge in [-0.05, 0) is 26.0 Å². The van der Waals surface area contributed by atoms with Gasteiger partial charge < -0.3 is 5.32 Å². The predicted molar refractivity (Wildman–Crippen MR) is 75.9 cm³/mol. The van der Waals surface area contributed by atoms with Crippen molar-refractivity contribution in [3.8, 4) is 0 Å². The van der Waals surface area contributed by atoms with E-state index < -0.39 is 0 Å². The van der Waals surface area contributed by atoms with Gasteiger partial charge in [-0.2, -0.15) is 10.2 Å². The van der Waals surface area contributed by atoms with Crippen molar-refractivity contribution in [3.05, 3.63) is 35.9 Å². The van der Waals surface area contributed by atoms with Crippen LogP contribution in [0.3, 0.4) is 0 Å². The van der Waals surface area contributed by atoms with Crippen LogP contribution in [0.4, 0.5) is 0 Å². The molecular formula is C14H23N5. The molecule has 2 heterocycles. The Balaban J connectivity index is 2.02. The van der Waals surface area contributed by atoms with E-state index in [4.69, 9.17) is 0 Å². The van der Waals surface area contributed by atoms with Crippen molar-refractivity contribution >= 4 is 0 Å². The van der Waals surface area contributed by atoms with Crippen molar-refractivity contribution in [1.82, 2.24) is 24.9 Å². The summed E-state index contributed by atoms with van der Waals surface area (Å²) in [5.74, 6) is 0. The lowest BCUT2D eigenvalue weighted by Gasteiger charge is -2.12. The third-order valence-electron chi connectivity index (χ3n) is 3.37. The molecule has 0 radical (unpaired) electrons. The maximum absolute atomic E-state index is 4.64. The highest BCUT2D eigenvalue weighted by Crippen LogP contribution is 2.14. The minimum atomic E-state index is 0.506. The normalized spacial score (nSPS) is 11.4. The molecule has 0 amide bonds. The van der Waals surface area contributed by atoms with Gasteiger partial charge in [-0.15, -0.1) is 0 Å². The standard InChI is InChI=1S/C14H23N5/c1-4-14(5-2)19-7-6-13(17-19)11-18-10-12(8-15-3)9-16-18/h6-7,9-10,14-15H,4-5,8,11H2,1-3H3. The Morgan fingerprint density at radius 2 is 2.11 bits per heavy atom. The van der Waals surface area contributed by atoms with Crippen LogP contribution in [0.1, 0.15) is 44.0 Å². The van der Waals surface area contributed by atoms with E-state index in [0.717, 1.165) is 31.6 Å². The van der Waals surface area contributed by atoms with E-state index in [0.29, 0.717) is 6.04 Å². The van der Waals surface area contributed by atoms with Crippen LogP contribution in [0.5, 0.6) is 0 Å². The first kappa shape index (κ1) is 13.8. The number of hydrogen-bond donors (Lipinski definition) is 1. The molecule has 0 fully saturated rings. The smallest absolute Gasteiger partial charge is 0.0849 e. The summed E-state index contributed by atoms with van der Waals surface area (Å²) in [6.45, 7) is 5.99. The summed E-state index contributed by atoms with van der Waals surface area (Å²) >= 11 is 0. The lowest BCUT2D eigenvalue weighted by molar-refractivity contribution is 0.424. The molecule has 0 aliphatic carbocycles. The highest BCUT2D eigenvalue weighted by atomic mass is 15.3. The topological polar surface area (TPSA) is 47.7 Å². The molecule has 104 valence electrons. The molecule has 5 nitrogen and oxygen atoms in total. The van der Waals surface area contributed by atoms with E-state index in [1.54, 1.807) is 0 Å². The van der Waals surface area contributed by atoms with Gasteiger partial charge in [-0.1, -0.05) is 13.8 Å². The Morgan fingerprint density at radius 3 is 2.79 bits per heavy atom. The molecule has 2 rings (SSSR count). The molecule has 0 spiro atoms. The molecule has 0 aliphatic rings. The molecule has 0 unspecified atom stereocenters. The van der Waals surface area contributed by atoms with Gasteiger partial charge in [-0.25, -0.2) is 0 Å². The Hall–Kier alpha value is -1.62. The highest BCUT2D eigenvalue weighted by molar-refractivity contribution is 5.06. The number of aromatic nitrogens is 4. The molecular weight excluding hydrogens is 238 g/mol. The van der Waals surface area contributed by atoms with Crippen molar-refractivity contribution in [2.45, 2.75) is 45.8 Å². The monoisotopic (exact) mass is 261 g/mol. The Kier molecular flexibility index (Phi) is 4.74. The van der Waals surface area contributed by atoms with Crippen LogP contribution in [-0.2, 0) is 13.1 Å². The summed E-state index contributed by atoms with van der Waals surface area (Å²) in [5, 5.41) is 12.1. The summed E-state index contributed by atoms with van der Waals surface area (Å²) in [7, 11) is 1.94. The molecule has 0 aromatic carbocycles. The van der Waals surface area contributed by atoms with E-state index in [1.165, 1.54) is 5.56 Å². The number of nitrogens with zero attached hydrogens (tertiary/aromatic N) is 4. The largest absolute Gasteiger partial charge is 0.316 e. The summed E-state index contributed by atoms with van der Waals surface area (Å²) in [6.07, 6.45) is 8.27. The van der Waals surface area contributed by atoms with Crippen LogP contribution < -0.4 is 5.32 Å². The van der Waals surface area contributed by atoms with Gasteiger partial charge in [0, 0.05) is 24.5 Å². The molecule has 2 aromatic heterocycles. The molecule has 2 aromatic rings. The Morgan fingerprint density at radius 1 is 1.32 bits per heavy atom. The van der Waals surface area contributed by atoms with Gasteiger partial charge in [0.05, 0.1) is 24.5 Å². The summed E-state index contributed by atoms with van der Waals surface area (Å²) in [4.78, 5) is 0. The van der Waals surface area contributed by atoms with Crippen molar-refractivity contribution in [1.29, 1.82) is 0 Å². The van der Waals surface area contributed by atoms with E-state index in [-0.39, 0.29) is 0 Å². The lowest BCUT2D eigenvalue weighted by Crippen LogP contribution is -2.09. The molecule has 0 aliphatic heterocycles. The Bertz CT molecular complexity index is 495. The van der Waals surface area contributed by atoms with Crippen LogP contribution in [0.15, 0.2) is 24.7 Å². The Labute approximate surface area is 114 Å². The SMILES string of the molecule is CCC(CC)n1ccc(Cn2cc(CNC)cn2)n1. The quantitative estimate of drug-likeness (QED) is 0.831. The van der Waals surface area contributed by atoms with Gasteiger partial charge in [0.1, 0.15) is 0 Å². The first-order chi connectivity index (χ1) is 9.26. The zero-order valence-electron chi connectivity index (χ0n) is 12.0. The van der Waals surface area contributed by atoms with Gasteiger partial charge in [-0.3, -0.25) is 9.36 Å². The first-order valence-corrected chi connectivity index (χ1v) is 6.96. The molecule has 0 atom stereocenters. The fourth-order valence-corrected chi connectivity index (χ4v) is 2.28. The van der Waals surface area contributed by atoms with Crippen LogP contribution in [0.25, 0.3) is 0 Å². The number of rotatable bonds is 7. The van der Waals surface area contributed by atoms with Crippen LogP contribution in [-0.4, -0.2) is 26.6 Å². The van der Waals surface area contributed by atoms with E-state index in [1.807, 2.05) is 17.9 Å². The van der Waals surface area contributed by atoms with Crippen molar-refractivity contribution in [2.24, 2.45) is 0 Å². The molecule has 0 saturated heterocycles. The second kappa shape index (κ2) is 6.52. The average molecular weight is 261 g/mol. The molecule has 0 saturated carbocycles. The van der Waals surface area contributed by atoms with Gasteiger partial charge in [0.25, 0.3) is 0 Å². The van der Waals surface area contributed by atoms with E-state index in [9.17, 15) is 0 Å². The minimum Gasteiger partial charge on any atom is -0.316 e. The third-order valence-corrected chi connectivity index (χ3v) is 3.37. The maximum atomic E-state index is 4.64. The summed E-state index contributed by atoms with van der Waals surface area (Å²) in [5.41, 5.74) is 2.26. The van der Waals surface area contributed by atoms with Gasteiger partial charge in [0.2, 0.25) is 0 Å². The molecule has 1 N–H and O–H groups in total. The first-order valence-electron chi connectivity index (χ1n) is 6.96. The van der Waals surface area contributed by atoms with Crippen molar-refractivity contribution in [2.75, 3.05) is 7.05 Å². The maximum Gasteiger partial charge on any atom is 0.0849 e. The molecule has 0 bridgehead atoms. The fraction of sp³-hybridized carbons (Fsp3) is 0.571. The fourth-order valence-electron chi connectivity index (χ4n) is 2.28. The number of nitrogens with one attached hydrogen (secondary N) is 1. The molecule has 19 heavy (non-hydrogen) atoms. The second-order valence-corrected chi connectivity index (χ2v) is 4.83. The summed E-state index contributed by atoms with van der Waals surface area (Å²) < 4.78 is 4.01. The van der Waals surface area contributed by atoms with Crippen LogP contribution in [0, 0.1) is 0 Å². The zero-order chi connectivity index (χ0) is 13.7. The van der Waals surface area contributed by atoms with Crippen molar-refractivity contribution < 1.29 is 0 Å². The summed E-state index contributed by atoms with van der Waals surface area (Å²) in [6, 6.07) is 2.59. The van der Waals surface area contributed by atoms with Gasteiger partial charge >= 0.3 is 0 Å². The second-order valence-electron chi connectivity index (χ2n) is 4.83. The van der Waals surface area contributed by atoms with Gasteiger partial charge in [0.15, 0.2) is 0 Å². The molecule has 5 heteroatoms.